The van der Waals surface area contributed by atoms with Crippen LogP contribution in [0.5, 0.6) is 0 Å². The Labute approximate surface area is 136 Å². The van der Waals surface area contributed by atoms with Gasteiger partial charge in [0, 0.05) is 12.7 Å². The molecule has 0 unspecified atom stereocenters. The van der Waals surface area contributed by atoms with E-state index in [1.165, 1.54) is 10.5 Å². The summed E-state index contributed by atoms with van der Waals surface area (Å²) in [5.74, 6) is -0.308. The number of amides is 2. The molecule has 23 heavy (non-hydrogen) atoms. The molecule has 0 saturated carbocycles. The van der Waals surface area contributed by atoms with Gasteiger partial charge >= 0.3 is 0 Å². The zero-order valence-corrected chi connectivity index (χ0v) is 13.4. The molecule has 4 heteroatoms. The van der Waals surface area contributed by atoms with Crippen molar-refractivity contribution in [2.75, 3.05) is 16.8 Å². The largest absolute Gasteiger partial charge is 0.362 e. The number of benzene rings is 2. The minimum atomic E-state index is -0.448. The lowest BCUT2D eigenvalue weighted by Gasteiger charge is -2.25. The van der Waals surface area contributed by atoms with E-state index in [2.05, 4.69) is 6.92 Å². The van der Waals surface area contributed by atoms with Crippen LogP contribution in [0.15, 0.2) is 54.6 Å². The number of carbonyl (C=O) groups is 2. The Morgan fingerprint density at radius 1 is 1.04 bits per heavy atom. The molecule has 4 nitrogen and oxygen atoms in total. The molecule has 118 valence electrons. The van der Waals surface area contributed by atoms with Crippen molar-refractivity contribution in [3.8, 4) is 0 Å². The maximum Gasteiger partial charge on any atom is 0.256 e. The van der Waals surface area contributed by atoms with Gasteiger partial charge in [0.2, 0.25) is 5.91 Å². The molecular formula is C19H20N2O2. The Morgan fingerprint density at radius 2 is 1.70 bits per heavy atom. The summed E-state index contributed by atoms with van der Waals surface area (Å²) in [7, 11) is 1.86. The van der Waals surface area contributed by atoms with Crippen molar-refractivity contribution >= 4 is 23.2 Å². The number of carbonyl (C=O) groups excluding carboxylic acids is 2. The van der Waals surface area contributed by atoms with Gasteiger partial charge in [-0.2, -0.15) is 0 Å². The van der Waals surface area contributed by atoms with Crippen molar-refractivity contribution in [1.29, 1.82) is 0 Å². The van der Waals surface area contributed by atoms with Gasteiger partial charge in [-0.25, -0.2) is 4.90 Å². The van der Waals surface area contributed by atoms with E-state index in [4.69, 9.17) is 0 Å². The van der Waals surface area contributed by atoms with Gasteiger partial charge in [-0.15, -0.1) is 0 Å². The first-order valence-corrected chi connectivity index (χ1v) is 7.85. The van der Waals surface area contributed by atoms with Gasteiger partial charge < -0.3 is 4.90 Å². The van der Waals surface area contributed by atoms with Crippen LogP contribution in [0.25, 0.3) is 0 Å². The number of hydrogen-bond donors (Lipinski definition) is 0. The van der Waals surface area contributed by atoms with Gasteiger partial charge in [0.15, 0.2) is 0 Å². The number of anilines is 2. The highest BCUT2D eigenvalue weighted by Crippen LogP contribution is 2.28. The predicted octanol–water partition coefficient (Wildman–Crippen LogP) is 3.02. The van der Waals surface area contributed by atoms with Crippen molar-refractivity contribution in [3.63, 3.8) is 0 Å². The third kappa shape index (κ3) is 2.84. The highest BCUT2D eigenvalue weighted by molar-refractivity contribution is 6.23. The first kappa shape index (κ1) is 15.3. The van der Waals surface area contributed by atoms with Crippen molar-refractivity contribution in [2.45, 2.75) is 25.8 Å². The second kappa shape index (κ2) is 6.24. The summed E-state index contributed by atoms with van der Waals surface area (Å²) < 4.78 is 0. The van der Waals surface area contributed by atoms with E-state index in [0.29, 0.717) is 5.69 Å². The Hall–Kier alpha value is -2.62. The molecule has 2 amide bonds. The molecule has 1 heterocycles. The molecule has 0 radical (unpaired) electrons. The minimum Gasteiger partial charge on any atom is -0.362 e. The topological polar surface area (TPSA) is 40.6 Å². The average molecular weight is 308 g/mol. The van der Waals surface area contributed by atoms with E-state index < -0.39 is 6.04 Å². The van der Waals surface area contributed by atoms with Crippen LogP contribution in [0.3, 0.4) is 0 Å². The fraction of sp³-hybridized carbons (Fsp3) is 0.263. The van der Waals surface area contributed by atoms with Crippen LogP contribution in [0.4, 0.5) is 11.4 Å². The molecule has 0 bridgehead atoms. The van der Waals surface area contributed by atoms with Gasteiger partial charge in [0.25, 0.3) is 5.91 Å². The summed E-state index contributed by atoms with van der Waals surface area (Å²) in [4.78, 5) is 28.3. The highest BCUT2D eigenvalue weighted by atomic mass is 16.2. The lowest BCUT2D eigenvalue weighted by Crippen LogP contribution is -2.40. The van der Waals surface area contributed by atoms with Gasteiger partial charge in [-0.1, -0.05) is 37.3 Å². The first-order chi connectivity index (χ1) is 11.1. The fourth-order valence-corrected chi connectivity index (χ4v) is 2.91. The smallest absolute Gasteiger partial charge is 0.256 e. The van der Waals surface area contributed by atoms with Gasteiger partial charge in [0.1, 0.15) is 6.04 Å². The predicted molar refractivity (Wildman–Crippen MR) is 91.6 cm³/mol. The van der Waals surface area contributed by atoms with Crippen LogP contribution >= 0.6 is 0 Å². The monoisotopic (exact) mass is 308 g/mol. The molecular weight excluding hydrogens is 288 g/mol. The lowest BCUT2D eigenvalue weighted by atomic mass is 10.1. The summed E-state index contributed by atoms with van der Waals surface area (Å²) in [5.41, 5.74) is 2.77. The summed E-state index contributed by atoms with van der Waals surface area (Å²) >= 11 is 0. The molecule has 1 atom stereocenters. The number of imide groups is 1. The van der Waals surface area contributed by atoms with Crippen LogP contribution in [0, 0.1) is 0 Å². The Balaban J connectivity index is 1.84. The third-order valence-electron chi connectivity index (χ3n) is 4.36. The average Bonchev–Trinajstić information content (AvgIpc) is 2.89. The number of rotatable bonds is 4. The normalized spacial score (nSPS) is 17.7. The SMILES string of the molecule is CCc1ccc(N2C(=O)C[C@@H](N(C)c3ccccc3)C2=O)cc1. The Kier molecular flexibility index (Phi) is 4.15. The van der Waals surface area contributed by atoms with Crippen LogP contribution in [0.1, 0.15) is 18.9 Å². The molecule has 3 rings (SSSR count). The number of aryl methyl sites for hydroxylation is 1. The molecule has 0 N–H and O–H groups in total. The van der Waals surface area contributed by atoms with E-state index in [1.54, 1.807) is 0 Å². The molecule has 0 aliphatic carbocycles. The number of hydrogen-bond acceptors (Lipinski definition) is 3. The van der Waals surface area contributed by atoms with Gasteiger partial charge in [-0.3, -0.25) is 9.59 Å². The van der Waals surface area contributed by atoms with E-state index in [1.807, 2.05) is 66.5 Å². The lowest BCUT2D eigenvalue weighted by molar-refractivity contribution is -0.121. The Morgan fingerprint density at radius 3 is 2.30 bits per heavy atom. The van der Waals surface area contributed by atoms with Crippen LogP contribution in [-0.2, 0) is 16.0 Å². The maximum atomic E-state index is 12.7. The zero-order chi connectivity index (χ0) is 16.4. The van der Waals surface area contributed by atoms with E-state index >= 15 is 0 Å². The summed E-state index contributed by atoms with van der Waals surface area (Å²) in [6.07, 6.45) is 1.14. The molecule has 1 aliphatic rings. The molecule has 1 saturated heterocycles. The van der Waals surface area contributed by atoms with E-state index in [0.717, 1.165) is 12.1 Å². The second-order valence-electron chi connectivity index (χ2n) is 5.75. The summed E-state index contributed by atoms with van der Waals surface area (Å²) in [6, 6.07) is 16.8. The molecule has 0 aromatic heterocycles. The van der Waals surface area contributed by atoms with E-state index in [-0.39, 0.29) is 18.2 Å². The second-order valence-corrected chi connectivity index (χ2v) is 5.75. The number of likely N-dealkylation sites (N-methyl/N-ethyl adjacent to an activating group) is 1. The third-order valence-corrected chi connectivity index (χ3v) is 4.36. The standard InChI is InChI=1S/C19H20N2O2/c1-3-14-9-11-16(12-10-14)21-18(22)13-17(19(21)23)20(2)15-7-5-4-6-8-15/h4-12,17H,3,13H2,1-2H3/t17-/m1/s1. The van der Waals surface area contributed by atoms with Crippen molar-refractivity contribution in [2.24, 2.45) is 0 Å². The number of para-hydroxylation sites is 1. The van der Waals surface area contributed by atoms with Crippen LogP contribution in [-0.4, -0.2) is 24.9 Å². The van der Waals surface area contributed by atoms with E-state index in [9.17, 15) is 9.59 Å². The maximum absolute atomic E-state index is 12.7. The highest BCUT2D eigenvalue weighted by Gasteiger charge is 2.41. The fourth-order valence-electron chi connectivity index (χ4n) is 2.91. The molecule has 1 fully saturated rings. The Bertz CT molecular complexity index is 710. The van der Waals surface area contributed by atoms with Gasteiger partial charge in [0.05, 0.1) is 12.1 Å². The van der Waals surface area contributed by atoms with Crippen molar-refractivity contribution in [1.82, 2.24) is 0 Å². The quantitative estimate of drug-likeness (QED) is 0.815. The number of nitrogens with zero attached hydrogens (tertiary/aromatic N) is 2. The van der Waals surface area contributed by atoms with Crippen LogP contribution < -0.4 is 9.80 Å². The zero-order valence-electron chi connectivity index (χ0n) is 13.4. The molecule has 1 aliphatic heterocycles. The van der Waals surface area contributed by atoms with Crippen LogP contribution in [0.2, 0.25) is 0 Å². The summed E-state index contributed by atoms with van der Waals surface area (Å²) in [6.45, 7) is 2.08. The molecule has 2 aromatic carbocycles. The van der Waals surface area contributed by atoms with Gasteiger partial charge in [-0.05, 0) is 36.2 Å². The first-order valence-electron chi connectivity index (χ1n) is 7.85. The van der Waals surface area contributed by atoms with Crippen molar-refractivity contribution < 1.29 is 9.59 Å². The molecule has 2 aromatic rings. The minimum absolute atomic E-state index is 0.146. The molecule has 0 spiro atoms. The van der Waals surface area contributed by atoms with Crippen molar-refractivity contribution in [3.05, 3.63) is 60.2 Å². The summed E-state index contributed by atoms with van der Waals surface area (Å²) in [5, 5.41) is 0.